The first-order chi connectivity index (χ1) is 9.27. The third-order valence-corrected chi connectivity index (χ3v) is 3.48. The van der Waals surface area contributed by atoms with Gasteiger partial charge < -0.3 is 4.52 Å². The Balaban J connectivity index is 2.21. The quantitative estimate of drug-likeness (QED) is 0.638. The molecule has 0 spiro atoms. The second kappa shape index (κ2) is 5.08. The second-order valence-corrected chi connectivity index (χ2v) is 4.85. The maximum absolute atomic E-state index is 6.21. The van der Waals surface area contributed by atoms with Crippen molar-refractivity contribution in [3.8, 4) is 22.4 Å². The Morgan fingerprint density at radius 3 is 2.21 bits per heavy atom. The Morgan fingerprint density at radius 1 is 0.842 bits per heavy atom. The molecule has 2 nitrogen and oxygen atoms in total. The molecular formula is C15H9Cl2NO. The van der Waals surface area contributed by atoms with Crippen molar-refractivity contribution in [3.05, 3.63) is 64.8 Å². The van der Waals surface area contributed by atoms with Gasteiger partial charge in [0, 0.05) is 11.1 Å². The van der Waals surface area contributed by atoms with E-state index in [9.17, 15) is 0 Å². The van der Waals surface area contributed by atoms with Gasteiger partial charge in [-0.15, -0.1) is 0 Å². The van der Waals surface area contributed by atoms with Crippen LogP contribution in [0.25, 0.3) is 22.4 Å². The molecule has 0 saturated heterocycles. The van der Waals surface area contributed by atoms with E-state index in [0.29, 0.717) is 21.3 Å². The average molecular weight is 290 g/mol. The van der Waals surface area contributed by atoms with Crippen molar-refractivity contribution in [2.45, 2.75) is 0 Å². The molecule has 1 heterocycles. The summed E-state index contributed by atoms with van der Waals surface area (Å²) in [6.45, 7) is 0. The van der Waals surface area contributed by atoms with Crippen LogP contribution in [-0.4, -0.2) is 5.16 Å². The average Bonchev–Trinajstić information content (AvgIpc) is 2.89. The number of nitrogens with zero attached hydrogens (tertiary/aromatic N) is 1. The van der Waals surface area contributed by atoms with Crippen molar-refractivity contribution in [1.82, 2.24) is 5.16 Å². The van der Waals surface area contributed by atoms with Crippen LogP contribution in [0.5, 0.6) is 0 Å². The van der Waals surface area contributed by atoms with Gasteiger partial charge in [0.25, 0.3) is 0 Å². The zero-order valence-electron chi connectivity index (χ0n) is 9.81. The van der Waals surface area contributed by atoms with E-state index in [1.807, 2.05) is 30.3 Å². The molecule has 3 aromatic rings. The summed E-state index contributed by atoms with van der Waals surface area (Å²) >= 11 is 12.4. The molecule has 0 aliphatic carbocycles. The Labute approximate surface area is 120 Å². The van der Waals surface area contributed by atoms with E-state index in [-0.39, 0.29) is 0 Å². The van der Waals surface area contributed by atoms with Gasteiger partial charge in [-0.25, -0.2) is 0 Å². The van der Waals surface area contributed by atoms with E-state index in [4.69, 9.17) is 27.7 Å². The minimum atomic E-state index is 0.554. The maximum Gasteiger partial charge on any atom is 0.132 e. The van der Waals surface area contributed by atoms with Crippen LogP contribution in [0.3, 0.4) is 0 Å². The van der Waals surface area contributed by atoms with Crippen LogP contribution in [-0.2, 0) is 0 Å². The fraction of sp³-hybridized carbons (Fsp3) is 0. The molecule has 0 bridgehead atoms. The number of hydrogen-bond acceptors (Lipinski definition) is 2. The van der Waals surface area contributed by atoms with Crippen molar-refractivity contribution >= 4 is 23.2 Å². The van der Waals surface area contributed by atoms with Crippen molar-refractivity contribution < 1.29 is 4.52 Å². The first kappa shape index (κ1) is 12.3. The highest BCUT2D eigenvalue weighted by atomic mass is 35.5. The summed E-state index contributed by atoms with van der Waals surface area (Å²) < 4.78 is 5.10. The monoisotopic (exact) mass is 289 g/mol. The Hall–Kier alpha value is -1.77. The third kappa shape index (κ3) is 2.25. The number of aromatic nitrogens is 1. The highest BCUT2D eigenvalue weighted by Crippen LogP contribution is 2.39. The predicted octanol–water partition coefficient (Wildman–Crippen LogP) is 5.32. The minimum absolute atomic E-state index is 0.554. The molecule has 0 fully saturated rings. The second-order valence-electron chi connectivity index (χ2n) is 4.04. The highest BCUT2D eigenvalue weighted by molar-refractivity contribution is 6.39. The maximum atomic E-state index is 6.21. The van der Waals surface area contributed by atoms with Crippen LogP contribution in [0, 0.1) is 0 Å². The van der Waals surface area contributed by atoms with Gasteiger partial charge in [0.1, 0.15) is 12.0 Å². The van der Waals surface area contributed by atoms with Gasteiger partial charge in [0.2, 0.25) is 0 Å². The molecule has 3 rings (SSSR count). The molecule has 19 heavy (non-hydrogen) atoms. The van der Waals surface area contributed by atoms with Gasteiger partial charge in [-0.2, -0.15) is 0 Å². The molecule has 94 valence electrons. The lowest BCUT2D eigenvalue weighted by atomic mass is 10.0. The Bertz CT molecular complexity index is 687. The molecule has 0 radical (unpaired) electrons. The van der Waals surface area contributed by atoms with Crippen LogP contribution in [0.4, 0.5) is 0 Å². The zero-order valence-corrected chi connectivity index (χ0v) is 11.3. The molecule has 2 aromatic carbocycles. The van der Waals surface area contributed by atoms with Gasteiger partial charge in [-0.3, -0.25) is 0 Å². The molecular weight excluding hydrogens is 281 g/mol. The van der Waals surface area contributed by atoms with Gasteiger partial charge in [0.05, 0.1) is 10.0 Å². The predicted molar refractivity (Wildman–Crippen MR) is 77.4 cm³/mol. The van der Waals surface area contributed by atoms with E-state index in [2.05, 4.69) is 5.16 Å². The molecule has 0 N–H and O–H groups in total. The van der Waals surface area contributed by atoms with Crippen LogP contribution in [0.15, 0.2) is 59.3 Å². The molecule has 1 aromatic heterocycles. The van der Waals surface area contributed by atoms with Gasteiger partial charge in [0.15, 0.2) is 0 Å². The molecule has 0 unspecified atom stereocenters. The molecule has 0 aliphatic rings. The fourth-order valence-corrected chi connectivity index (χ4v) is 2.54. The molecule has 0 aliphatic heterocycles. The van der Waals surface area contributed by atoms with Gasteiger partial charge in [-0.1, -0.05) is 64.8 Å². The lowest BCUT2D eigenvalue weighted by Gasteiger charge is -2.05. The van der Waals surface area contributed by atoms with Crippen LogP contribution >= 0.6 is 23.2 Å². The SMILES string of the molecule is Clc1cccc(Cl)c1-c1nocc1-c1ccccc1. The fourth-order valence-electron chi connectivity index (χ4n) is 1.96. The van der Waals surface area contributed by atoms with Gasteiger partial charge in [-0.05, 0) is 17.7 Å². The highest BCUT2D eigenvalue weighted by Gasteiger charge is 2.17. The summed E-state index contributed by atoms with van der Waals surface area (Å²) in [5.74, 6) is 0. The minimum Gasteiger partial charge on any atom is -0.363 e. The van der Waals surface area contributed by atoms with Crippen LogP contribution in [0.2, 0.25) is 10.0 Å². The van der Waals surface area contributed by atoms with Crippen molar-refractivity contribution in [2.75, 3.05) is 0 Å². The number of benzene rings is 2. The topological polar surface area (TPSA) is 26.0 Å². The molecule has 0 saturated carbocycles. The third-order valence-electron chi connectivity index (χ3n) is 2.85. The molecule has 0 atom stereocenters. The zero-order chi connectivity index (χ0) is 13.2. The lowest BCUT2D eigenvalue weighted by molar-refractivity contribution is 0.422. The van der Waals surface area contributed by atoms with E-state index in [0.717, 1.165) is 11.1 Å². The number of halogens is 2. The van der Waals surface area contributed by atoms with Crippen LogP contribution in [0.1, 0.15) is 0 Å². The van der Waals surface area contributed by atoms with E-state index in [1.54, 1.807) is 24.5 Å². The van der Waals surface area contributed by atoms with Crippen LogP contribution < -0.4 is 0 Å². The Kier molecular flexibility index (Phi) is 3.28. The standard InChI is InChI=1S/C15H9Cl2NO/c16-12-7-4-8-13(17)14(12)15-11(9-19-18-15)10-5-2-1-3-6-10/h1-9H. The largest absolute Gasteiger partial charge is 0.363 e. The van der Waals surface area contributed by atoms with E-state index < -0.39 is 0 Å². The first-order valence-electron chi connectivity index (χ1n) is 5.71. The summed E-state index contributed by atoms with van der Waals surface area (Å²) in [7, 11) is 0. The van der Waals surface area contributed by atoms with Crippen molar-refractivity contribution in [3.63, 3.8) is 0 Å². The van der Waals surface area contributed by atoms with Crippen molar-refractivity contribution in [1.29, 1.82) is 0 Å². The summed E-state index contributed by atoms with van der Waals surface area (Å²) in [6.07, 6.45) is 1.60. The smallest absolute Gasteiger partial charge is 0.132 e. The molecule has 4 heteroatoms. The summed E-state index contributed by atoms with van der Waals surface area (Å²) in [6, 6.07) is 15.2. The summed E-state index contributed by atoms with van der Waals surface area (Å²) in [5.41, 5.74) is 3.23. The van der Waals surface area contributed by atoms with E-state index in [1.165, 1.54) is 0 Å². The summed E-state index contributed by atoms with van der Waals surface area (Å²) in [4.78, 5) is 0. The Morgan fingerprint density at radius 2 is 1.53 bits per heavy atom. The number of rotatable bonds is 2. The molecule has 0 amide bonds. The van der Waals surface area contributed by atoms with Gasteiger partial charge >= 0.3 is 0 Å². The first-order valence-corrected chi connectivity index (χ1v) is 6.47. The normalized spacial score (nSPS) is 10.6. The van der Waals surface area contributed by atoms with Crippen molar-refractivity contribution in [2.24, 2.45) is 0 Å². The number of hydrogen-bond donors (Lipinski definition) is 0. The lowest BCUT2D eigenvalue weighted by Crippen LogP contribution is -1.85. The summed E-state index contributed by atoms with van der Waals surface area (Å²) in [5, 5.41) is 5.15. The van der Waals surface area contributed by atoms with E-state index >= 15 is 0 Å².